The molecule has 1 heterocycles. The van der Waals surface area contributed by atoms with Gasteiger partial charge in [-0.3, -0.25) is 9.59 Å². The van der Waals surface area contributed by atoms with Gasteiger partial charge in [-0.05, 0) is 72.0 Å². The van der Waals surface area contributed by atoms with Crippen molar-refractivity contribution in [3.8, 4) is 0 Å². The molecule has 7 nitrogen and oxygen atoms in total. The number of hydrogen-bond acceptors (Lipinski definition) is 5. The lowest BCUT2D eigenvalue weighted by Gasteiger charge is -2.34. The summed E-state index contributed by atoms with van der Waals surface area (Å²) in [6, 6.07) is 27.4. The van der Waals surface area contributed by atoms with E-state index < -0.39 is 23.7 Å². The van der Waals surface area contributed by atoms with Crippen LogP contribution in [0.1, 0.15) is 38.9 Å². The second-order valence-electron chi connectivity index (χ2n) is 13.1. The van der Waals surface area contributed by atoms with Crippen LogP contribution < -0.4 is 4.90 Å². The molecule has 1 atom stereocenters. The number of morpholine rings is 1. The van der Waals surface area contributed by atoms with Crippen LogP contribution in [0.15, 0.2) is 103 Å². The normalized spacial score (nSPS) is 14.0. The Balaban J connectivity index is 1.39. The SMILES string of the molecule is Cc1ccc(COCCN(C)C(=O)[C@H](Cc2ccccc2)N(Cc2ccc(N3CCOCC3)cc2)C(=O)/C=C/c2ccc(C(F)(F)F)cc2)c(C)c1. The molecule has 4 aromatic carbocycles. The summed E-state index contributed by atoms with van der Waals surface area (Å²) in [7, 11) is 1.71. The van der Waals surface area contributed by atoms with Crippen LogP contribution >= 0.6 is 0 Å². The number of alkyl halides is 3. The minimum atomic E-state index is -4.46. The molecule has 1 aliphatic heterocycles. The van der Waals surface area contributed by atoms with Crippen LogP contribution in [-0.4, -0.2) is 74.2 Å². The highest BCUT2D eigenvalue weighted by molar-refractivity contribution is 5.95. The minimum absolute atomic E-state index is 0.139. The molecule has 5 rings (SSSR count). The third kappa shape index (κ3) is 10.8. The van der Waals surface area contributed by atoms with Crippen LogP contribution in [0.5, 0.6) is 0 Å². The van der Waals surface area contributed by atoms with E-state index in [0.29, 0.717) is 38.5 Å². The maximum absolute atomic E-state index is 14.3. The Morgan fingerprint density at radius 3 is 2.25 bits per heavy atom. The number of benzene rings is 4. The average Bonchev–Trinajstić information content (AvgIpc) is 3.15. The van der Waals surface area contributed by atoms with Crippen LogP contribution in [0.2, 0.25) is 0 Å². The number of anilines is 1. The highest BCUT2D eigenvalue weighted by Crippen LogP contribution is 2.29. The van der Waals surface area contributed by atoms with E-state index in [1.165, 1.54) is 29.8 Å². The quantitative estimate of drug-likeness (QED) is 0.100. The molecule has 0 aromatic heterocycles. The van der Waals surface area contributed by atoms with Gasteiger partial charge in [0, 0.05) is 51.4 Å². The number of aryl methyl sites for hydroxylation is 2. The summed E-state index contributed by atoms with van der Waals surface area (Å²) in [5.41, 5.74) is 5.82. The van der Waals surface area contributed by atoms with Crippen LogP contribution in [0.25, 0.3) is 6.08 Å². The summed E-state index contributed by atoms with van der Waals surface area (Å²) in [4.78, 5) is 33.8. The van der Waals surface area contributed by atoms with Gasteiger partial charge in [0.15, 0.2) is 0 Å². The monoisotopic (exact) mass is 713 g/mol. The standard InChI is InChI=1S/C42H46F3N3O4/c1-31-9-15-36(32(2)27-31)30-52-24-21-46(3)41(50)39(28-34-7-5-4-6-8-34)48(29-35-12-18-38(19-13-35)47-22-25-51-26-23-47)40(49)20-14-33-10-16-37(17-11-33)42(43,44)45/h4-20,27,39H,21-26,28-30H2,1-3H3/b20-14+/t39-/m0/s1. The zero-order valence-electron chi connectivity index (χ0n) is 29.9. The summed E-state index contributed by atoms with van der Waals surface area (Å²) in [6.45, 7) is 8.14. The molecule has 52 heavy (non-hydrogen) atoms. The lowest BCUT2D eigenvalue weighted by Crippen LogP contribution is -2.51. The summed E-state index contributed by atoms with van der Waals surface area (Å²) in [5.74, 6) is -0.689. The Kier molecular flexibility index (Phi) is 13.3. The fourth-order valence-corrected chi connectivity index (χ4v) is 6.14. The first-order valence-electron chi connectivity index (χ1n) is 17.5. The molecule has 0 unspecified atom stereocenters. The molecule has 10 heteroatoms. The first-order chi connectivity index (χ1) is 25.0. The van der Waals surface area contributed by atoms with E-state index in [1.807, 2.05) is 80.6 Å². The van der Waals surface area contributed by atoms with Crippen molar-refractivity contribution in [3.05, 3.63) is 142 Å². The molecule has 4 aromatic rings. The zero-order chi connectivity index (χ0) is 37.1. The molecule has 0 spiro atoms. The van der Waals surface area contributed by atoms with E-state index >= 15 is 0 Å². The van der Waals surface area contributed by atoms with Gasteiger partial charge in [-0.2, -0.15) is 13.2 Å². The lowest BCUT2D eigenvalue weighted by atomic mass is 10.0. The van der Waals surface area contributed by atoms with Gasteiger partial charge in [-0.15, -0.1) is 0 Å². The largest absolute Gasteiger partial charge is 0.416 e. The summed E-state index contributed by atoms with van der Waals surface area (Å²) in [6.07, 6.45) is -1.40. The fraction of sp³-hybridized carbons (Fsp3) is 0.333. The highest BCUT2D eigenvalue weighted by atomic mass is 19.4. The van der Waals surface area contributed by atoms with E-state index in [0.717, 1.165) is 53.2 Å². The molecule has 1 saturated heterocycles. The average molecular weight is 714 g/mol. The first kappa shape index (κ1) is 38.3. The Labute approximate surface area is 304 Å². The van der Waals surface area contributed by atoms with Crippen molar-refractivity contribution in [2.45, 2.75) is 45.6 Å². The van der Waals surface area contributed by atoms with E-state index in [2.05, 4.69) is 11.0 Å². The Bertz CT molecular complexity index is 1790. The molecule has 1 aliphatic rings. The second-order valence-corrected chi connectivity index (χ2v) is 13.1. The van der Waals surface area contributed by atoms with Crippen molar-refractivity contribution in [2.75, 3.05) is 51.4 Å². The molecular formula is C42H46F3N3O4. The molecule has 1 fully saturated rings. The third-order valence-electron chi connectivity index (χ3n) is 9.24. The van der Waals surface area contributed by atoms with Gasteiger partial charge in [0.1, 0.15) is 6.04 Å². The number of carbonyl (C=O) groups excluding carboxylic acids is 2. The van der Waals surface area contributed by atoms with Gasteiger partial charge in [0.05, 0.1) is 32.0 Å². The van der Waals surface area contributed by atoms with Crippen molar-refractivity contribution in [1.82, 2.24) is 9.80 Å². The predicted octanol–water partition coefficient (Wildman–Crippen LogP) is 7.49. The zero-order valence-corrected chi connectivity index (χ0v) is 29.9. The molecule has 274 valence electrons. The van der Waals surface area contributed by atoms with Gasteiger partial charge >= 0.3 is 6.18 Å². The number of nitrogens with zero attached hydrogens (tertiary/aromatic N) is 3. The number of carbonyl (C=O) groups is 2. The minimum Gasteiger partial charge on any atom is -0.378 e. The molecule has 0 radical (unpaired) electrons. The molecule has 0 N–H and O–H groups in total. The smallest absolute Gasteiger partial charge is 0.378 e. The van der Waals surface area contributed by atoms with Gasteiger partial charge in [-0.25, -0.2) is 0 Å². The van der Waals surface area contributed by atoms with Gasteiger partial charge < -0.3 is 24.2 Å². The van der Waals surface area contributed by atoms with E-state index in [1.54, 1.807) is 16.8 Å². The van der Waals surface area contributed by atoms with Crippen LogP contribution in [0, 0.1) is 13.8 Å². The second kappa shape index (κ2) is 18.0. The van der Waals surface area contributed by atoms with Crippen LogP contribution in [0.3, 0.4) is 0 Å². The van der Waals surface area contributed by atoms with E-state index in [4.69, 9.17) is 9.47 Å². The molecule has 2 amide bonds. The summed E-state index contributed by atoms with van der Waals surface area (Å²) < 4.78 is 50.9. The van der Waals surface area contributed by atoms with Gasteiger partial charge in [0.2, 0.25) is 11.8 Å². The van der Waals surface area contributed by atoms with Crippen molar-refractivity contribution in [2.24, 2.45) is 0 Å². The van der Waals surface area contributed by atoms with Crippen molar-refractivity contribution >= 4 is 23.6 Å². The number of amides is 2. The number of ether oxygens (including phenoxy) is 2. The van der Waals surface area contributed by atoms with Crippen LogP contribution in [-0.2, 0) is 44.8 Å². The predicted molar refractivity (Wildman–Crippen MR) is 198 cm³/mol. The number of likely N-dealkylation sites (N-methyl/N-ethyl adjacent to an activating group) is 1. The van der Waals surface area contributed by atoms with Crippen LogP contribution in [0.4, 0.5) is 18.9 Å². The lowest BCUT2D eigenvalue weighted by molar-refractivity contribution is -0.143. The van der Waals surface area contributed by atoms with Gasteiger partial charge in [-0.1, -0.05) is 78.4 Å². The maximum Gasteiger partial charge on any atom is 0.416 e. The topological polar surface area (TPSA) is 62.3 Å². The van der Waals surface area contributed by atoms with E-state index in [9.17, 15) is 22.8 Å². The molecule has 0 aliphatic carbocycles. The summed E-state index contributed by atoms with van der Waals surface area (Å²) in [5, 5.41) is 0. The summed E-state index contributed by atoms with van der Waals surface area (Å²) >= 11 is 0. The fourth-order valence-electron chi connectivity index (χ4n) is 6.14. The third-order valence-corrected chi connectivity index (χ3v) is 9.24. The number of halogens is 3. The number of hydrogen-bond donors (Lipinski definition) is 0. The number of rotatable bonds is 14. The Morgan fingerprint density at radius 1 is 0.904 bits per heavy atom. The van der Waals surface area contributed by atoms with Gasteiger partial charge in [0.25, 0.3) is 0 Å². The van der Waals surface area contributed by atoms with Crippen molar-refractivity contribution < 1.29 is 32.2 Å². The maximum atomic E-state index is 14.3. The Hall–Kier alpha value is -4.93. The van der Waals surface area contributed by atoms with Crippen molar-refractivity contribution in [3.63, 3.8) is 0 Å². The van der Waals surface area contributed by atoms with Crippen molar-refractivity contribution in [1.29, 1.82) is 0 Å². The molecular weight excluding hydrogens is 667 g/mol. The van der Waals surface area contributed by atoms with E-state index in [-0.39, 0.29) is 18.9 Å². The first-order valence-corrected chi connectivity index (χ1v) is 17.5. The Morgan fingerprint density at radius 2 is 1.60 bits per heavy atom. The molecule has 0 bridgehead atoms. The highest BCUT2D eigenvalue weighted by Gasteiger charge is 2.32. The molecule has 0 saturated carbocycles.